The number of carboxylic acids is 1. The first-order valence-corrected chi connectivity index (χ1v) is 8.34. The molecule has 2 rings (SSSR count). The van der Waals surface area contributed by atoms with Gasteiger partial charge in [0.15, 0.2) is 11.5 Å². The van der Waals surface area contributed by atoms with E-state index in [1.807, 2.05) is 0 Å². The van der Waals surface area contributed by atoms with Crippen molar-refractivity contribution in [3.05, 3.63) is 29.5 Å². The molecule has 0 radical (unpaired) electrons. The van der Waals surface area contributed by atoms with Crippen LogP contribution >= 0.6 is 0 Å². The standard InChI is InChI=1S/C18H22N2O6/c1-12(21)20-14(18(24)19-8-4-2-3-5-17(22)23)9-13-6-7-15-16(10-13)26-11-25-15/h6-7,9-10H,2-5,8,11H2,1H3,(H,19,24)(H,20,21)(H,22,23)/b14-9-. The maximum atomic E-state index is 12.3. The van der Waals surface area contributed by atoms with Crippen LogP contribution in [-0.4, -0.2) is 36.2 Å². The summed E-state index contributed by atoms with van der Waals surface area (Å²) in [6, 6.07) is 5.22. The number of fused-ring (bicyclic) bond motifs is 1. The maximum Gasteiger partial charge on any atom is 0.303 e. The predicted octanol–water partition coefficient (Wildman–Crippen LogP) is 1.65. The molecule has 0 aliphatic carbocycles. The summed E-state index contributed by atoms with van der Waals surface area (Å²) in [5, 5.41) is 13.8. The Bertz CT molecular complexity index is 714. The van der Waals surface area contributed by atoms with Gasteiger partial charge in [0.25, 0.3) is 5.91 Å². The molecule has 2 amide bonds. The number of nitrogens with one attached hydrogen (secondary N) is 2. The summed E-state index contributed by atoms with van der Waals surface area (Å²) in [5.41, 5.74) is 0.816. The summed E-state index contributed by atoms with van der Waals surface area (Å²) in [6.07, 6.45) is 3.61. The van der Waals surface area contributed by atoms with Crippen LogP contribution in [-0.2, 0) is 14.4 Å². The number of benzene rings is 1. The third-order valence-electron chi connectivity index (χ3n) is 3.62. The van der Waals surface area contributed by atoms with Gasteiger partial charge in [0, 0.05) is 19.9 Å². The van der Waals surface area contributed by atoms with Crippen molar-refractivity contribution in [2.75, 3.05) is 13.3 Å². The average molecular weight is 362 g/mol. The van der Waals surface area contributed by atoms with Crippen LogP contribution in [0.4, 0.5) is 0 Å². The lowest BCUT2D eigenvalue weighted by molar-refractivity contribution is -0.137. The van der Waals surface area contributed by atoms with Crippen LogP contribution in [0.25, 0.3) is 6.08 Å². The zero-order chi connectivity index (χ0) is 18.9. The maximum absolute atomic E-state index is 12.3. The molecule has 1 aromatic rings. The number of amides is 2. The molecule has 0 saturated carbocycles. The van der Waals surface area contributed by atoms with Crippen molar-refractivity contribution < 1.29 is 29.0 Å². The van der Waals surface area contributed by atoms with Crippen LogP contribution in [0, 0.1) is 0 Å². The molecule has 140 valence electrons. The molecule has 0 saturated heterocycles. The monoisotopic (exact) mass is 362 g/mol. The van der Waals surface area contributed by atoms with Crippen molar-refractivity contribution in [2.24, 2.45) is 0 Å². The Morgan fingerprint density at radius 3 is 2.65 bits per heavy atom. The molecule has 1 heterocycles. The van der Waals surface area contributed by atoms with Gasteiger partial charge >= 0.3 is 5.97 Å². The number of hydrogen-bond donors (Lipinski definition) is 3. The van der Waals surface area contributed by atoms with Gasteiger partial charge in [-0.25, -0.2) is 0 Å². The average Bonchev–Trinajstić information content (AvgIpc) is 3.04. The van der Waals surface area contributed by atoms with E-state index in [2.05, 4.69) is 10.6 Å². The number of aliphatic carboxylic acids is 1. The van der Waals surface area contributed by atoms with Gasteiger partial charge in [0.2, 0.25) is 12.7 Å². The highest BCUT2D eigenvalue weighted by Gasteiger charge is 2.15. The molecule has 0 atom stereocenters. The Balaban J connectivity index is 1.94. The fourth-order valence-corrected chi connectivity index (χ4v) is 2.39. The number of carbonyl (C=O) groups excluding carboxylic acids is 2. The minimum atomic E-state index is -0.825. The molecule has 3 N–H and O–H groups in total. The van der Waals surface area contributed by atoms with Crippen LogP contribution < -0.4 is 20.1 Å². The topological polar surface area (TPSA) is 114 Å². The molecule has 1 aromatic carbocycles. The van der Waals surface area contributed by atoms with Gasteiger partial charge in [-0.2, -0.15) is 0 Å². The summed E-state index contributed by atoms with van der Waals surface area (Å²) in [5.74, 6) is -0.368. The van der Waals surface area contributed by atoms with E-state index in [-0.39, 0.29) is 24.8 Å². The second-order valence-corrected chi connectivity index (χ2v) is 5.81. The third kappa shape index (κ3) is 6.12. The molecule has 0 unspecified atom stereocenters. The highest BCUT2D eigenvalue weighted by atomic mass is 16.7. The Morgan fingerprint density at radius 1 is 1.15 bits per heavy atom. The van der Waals surface area contributed by atoms with E-state index in [0.29, 0.717) is 42.9 Å². The summed E-state index contributed by atoms with van der Waals surface area (Å²) < 4.78 is 10.5. The van der Waals surface area contributed by atoms with Gasteiger partial charge in [-0.15, -0.1) is 0 Å². The van der Waals surface area contributed by atoms with Crippen molar-refractivity contribution in [3.63, 3.8) is 0 Å². The third-order valence-corrected chi connectivity index (χ3v) is 3.62. The van der Waals surface area contributed by atoms with E-state index >= 15 is 0 Å². The molecule has 8 heteroatoms. The zero-order valence-corrected chi connectivity index (χ0v) is 14.5. The quantitative estimate of drug-likeness (QED) is 0.455. The molecule has 26 heavy (non-hydrogen) atoms. The first-order chi connectivity index (χ1) is 12.5. The lowest BCUT2D eigenvalue weighted by Gasteiger charge is -2.10. The number of carbonyl (C=O) groups is 3. The van der Waals surface area contributed by atoms with Crippen LogP contribution in [0.1, 0.15) is 38.2 Å². The number of hydrogen-bond acceptors (Lipinski definition) is 5. The molecule has 1 aliphatic rings. The molecule has 8 nitrogen and oxygen atoms in total. The van der Waals surface area contributed by atoms with Crippen molar-refractivity contribution >= 4 is 23.9 Å². The summed E-state index contributed by atoms with van der Waals surface area (Å²) >= 11 is 0. The summed E-state index contributed by atoms with van der Waals surface area (Å²) in [6.45, 7) is 1.88. The lowest BCUT2D eigenvalue weighted by Crippen LogP contribution is -2.34. The highest BCUT2D eigenvalue weighted by molar-refractivity contribution is 6.00. The minimum Gasteiger partial charge on any atom is -0.481 e. The van der Waals surface area contributed by atoms with Crippen LogP contribution in [0.2, 0.25) is 0 Å². The van der Waals surface area contributed by atoms with E-state index in [0.717, 1.165) is 0 Å². The van der Waals surface area contributed by atoms with E-state index in [4.69, 9.17) is 14.6 Å². The second-order valence-electron chi connectivity index (χ2n) is 5.81. The molecular weight excluding hydrogens is 340 g/mol. The van der Waals surface area contributed by atoms with Gasteiger partial charge < -0.3 is 25.2 Å². The highest BCUT2D eigenvalue weighted by Crippen LogP contribution is 2.32. The lowest BCUT2D eigenvalue weighted by atomic mass is 10.1. The van der Waals surface area contributed by atoms with Crippen molar-refractivity contribution in [1.29, 1.82) is 0 Å². The SMILES string of the molecule is CC(=O)N/C(=C\c1ccc2c(c1)OCO2)C(=O)NCCCCCC(=O)O. The van der Waals surface area contributed by atoms with E-state index in [9.17, 15) is 14.4 Å². The second kappa shape index (κ2) is 9.45. The largest absolute Gasteiger partial charge is 0.481 e. The van der Waals surface area contributed by atoms with Crippen LogP contribution in [0.3, 0.4) is 0 Å². The van der Waals surface area contributed by atoms with Gasteiger partial charge in [0.1, 0.15) is 5.70 Å². The Morgan fingerprint density at radius 2 is 1.92 bits per heavy atom. The Kier molecular flexibility index (Phi) is 7.02. The molecule has 0 spiro atoms. The van der Waals surface area contributed by atoms with E-state index < -0.39 is 11.9 Å². The van der Waals surface area contributed by atoms with E-state index in [1.54, 1.807) is 24.3 Å². The minimum absolute atomic E-state index is 0.120. The number of carboxylic acid groups (broad SMARTS) is 1. The van der Waals surface area contributed by atoms with Crippen LogP contribution in [0.15, 0.2) is 23.9 Å². The molecular formula is C18H22N2O6. The fourth-order valence-electron chi connectivity index (χ4n) is 2.39. The van der Waals surface area contributed by atoms with Gasteiger partial charge in [-0.05, 0) is 36.6 Å². The van der Waals surface area contributed by atoms with Gasteiger partial charge in [0.05, 0.1) is 0 Å². The van der Waals surface area contributed by atoms with Crippen molar-refractivity contribution in [3.8, 4) is 11.5 Å². The Labute approximate surface area is 151 Å². The first-order valence-electron chi connectivity index (χ1n) is 8.34. The molecule has 1 aliphatic heterocycles. The van der Waals surface area contributed by atoms with Crippen LogP contribution in [0.5, 0.6) is 11.5 Å². The molecule has 0 bridgehead atoms. The normalized spacial score (nSPS) is 12.6. The smallest absolute Gasteiger partial charge is 0.303 e. The van der Waals surface area contributed by atoms with Gasteiger partial charge in [-0.1, -0.05) is 12.5 Å². The molecule has 0 aromatic heterocycles. The van der Waals surface area contributed by atoms with Gasteiger partial charge in [-0.3, -0.25) is 14.4 Å². The summed E-state index contributed by atoms with van der Waals surface area (Å²) in [7, 11) is 0. The van der Waals surface area contributed by atoms with E-state index in [1.165, 1.54) is 6.92 Å². The fraction of sp³-hybridized carbons (Fsp3) is 0.389. The first kappa shape index (κ1) is 19.3. The summed E-state index contributed by atoms with van der Waals surface area (Å²) in [4.78, 5) is 34.1. The Hall–Kier alpha value is -3.03. The van der Waals surface area contributed by atoms with Crippen molar-refractivity contribution in [2.45, 2.75) is 32.6 Å². The predicted molar refractivity (Wildman–Crippen MR) is 93.5 cm³/mol. The molecule has 0 fully saturated rings. The number of ether oxygens (including phenoxy) is 2. The number of unbranched alkanes of at least 4 members (excludes halogenated alkanes) is 2. The zero-order valence-electron chi connectivity index (χ0n) is 14.5. The number of rotatable bonds is 9. The van der Waals surface area contributed by atoms with Crippen molar-refractivity contribution in [1.82, 2.24) is 10.6 Å².